The number of ether oxygens (including phenoxy) is 2. The minimum absolute atomic E-state index is 0.696. The van der Waals surface area contributed by atoms with Gasteiger partial charge in [-0.2, -0.15) is 0 Å². The molecule has 0 aliphatic carbocycles. The van der Waals surface area contributed by atoms with Crippen molar-refractivity contribution in [3.05, 3.63) is 35.8 Å². The highest BCUT2D eigenvalue weighted by Crippen LogP contribution is 2.19. The van der Waals surface area contributed by atoms with Crippen LogP contribution < -0.4 is 14.4 Å². The molecule has 3 rings (SSSR count). The van der Waals surface area contributed by atoms with Gasteiger partial charge < -0.3 is 14.4 Å². The van der Waals surface area contributed by atoms with Gasteiger partial charge in [0.2, 0.25) is 0 Å². The third kappa shape index (κ3) is 6.70. The second-order valence-corrected chi connectivity index (χ2v) is 7.68. The quantitative estimate of drug-likeness (QED) is 0.536. The number of rotatable bonds is 11. The van der Waals surface area contributed by atoms with Crippen LogP contribution in [0.1, 0.15) is 32.6 Å². The Hall–Kier alpha value is -1.79. The lowest BCUT2D eigenvalue weighted by Crippen LogP contribution is -2.46. The van der Waals surface area contributed by atoms with Gasteiger partial charge in [-0.1, -0.05) is 12.8 Å². The third-order valence-corrected chi connectivity index (χ3v) is 5.67. The van der Waals surface area contributed by atoms with Gasteiger partial charge in [0, 0.05) is 37.8 Å². The molecular formula is C21H31N3O2S. The molecule has 2 aromatic rings. The predicted molar refractivity (Wildman–Crippen MR) is 112 cm³/mol. The molecule has 6 heteroatoms. The summed E-state index contributed by atoms with van der Waals surface area (Å²) in [5, 5.41) is 3.23. The van der Waals surface area contributed by atoms with E-state index in [9.17, 15) is 0 Å². The fourth-order valence-corrected chi connectivity index (χ4v) is 4.01. The average molecular weight is 390 g/mol. The Morgan fingerprint density at radius 2 is 1.63 bits per heavy atom. The summed E-state index contributed by atoms with van der Waals surface area (Å²) in [5.74, 6) is 1.83. The number of unbranched alkanes of at least 4 members (excludes halogenated alkanes) is 3. The van der Waals surface area contributed by atoms with Crippen LogP contribution in [-0.2, 0) is 0 Å². The van der Waals surface area contributed by atoms with Gasteiger partial charge in [0.15, 0.2) is 5.13 Å². The lowest BCUT2D eigenvalue weighted by Gasteiger charge is -2.34. The normalized spacial score (nSPS) is 15.1. The summed E-state index contributed by atoms with van der Waals surface area (Å²) in [4.78, 5) is 9.40. The molecule has 1 fully saturated rings. The Kier molecular flexibility index (Phi) is 8.24. The van der Waals surface area contributed by atoms with Gasteiger partial charge in [-0.25, -0.2) is 4.98 Å². The molecule has 0 amide bonds. The Balaban J connectivity index is 1.19. The molecule has 1 aliphatic rings. The van der Waals surface area contributed by atoms with Crippen molar-refractivity contribution in [3.8, 4) is 11.5 Å². The Labute approximate surface area is 166 Å². The van der Waals surface area contributed by atoms with Crippen molar-refractivity contribution in [1.29, 1.82) is 0 Å². The summed E-state index contributed by atoms with van der Waals surface area (Å²) in [6, 6.07) is 7.90. The van der Waals surface area contributed by atoms with Gasteiger partial charge in [0.25, 0.3) is 0 Å². The fourth-order valence-electron chi connectivity index (χ4n) is 3.31. The zero-order valence-electron chi connectivity index (χ0n) is 16.3. The fraction of sp³-hybridized carbons (Fsp3) is 0.571. The van der Waals surface area contributed by atoms with Crippen LogP contribution in [-0.4, -0.2) is 55.8 Å². The molecule has 27 heavy (non-hydrogen) atoms. The standard InChI is InChI=1S/C21H31N3O2S/c1-2-25-19-7-9-20(10-8-19)26-17-6-4-3-5-12-23-13-15-24(16-14-23)21-22-11-18-27-21/h7-11,18H,2-6,12-17H2,1H3. The van der Waals surface area contributed by atoms with Crippen molar-refractivity contribution in [2.75, 3.05) is 50.8 Å². The molecule has 0 N–H and O–H groups in total. The highest BCUT2D eigenvalue weighted by molar-refractivity contribution is 7.13. The molecule has 0 spiro atoms. The van der Waals surface area contributed by atoms with Crippen LogP contribution in [0.3, 0.4) is 0 Å². The van der Waals surface area contributed by atoms with Crippen LogP contribution in [0, 0.1) is 0 Å². The van der Waals surface area contributed by atoms with E-state index in [0.717, 1.165) is 50.7 Å². The molecule has 1 aliphatic heterocycles. The van der Waals surface area contributed by atoms with Gasteiger partial charge >= 0.3 is 0 Å². The monoisotopic (exact) mass is 389 g/mol. The number of hydrogen-bond donors (Lipinski definition) is 0. The zero-order valence-corrected chi connectivity index (χ0v) is 17.1. The first kappa shape index (κ1) is 20.0. The zero-order chi connectivity index (χ0) is 18.7. The molecule has 0 saturated carbocycles. The second kappa shape index (κ2) is 11.1. The number of thiazole rings is 1. The highest BCUT2D eigenvalue weighted by atomic mass is 32.1. The molecule has 1 saturated heterocycles. The van der Waals surface area contributed by atoms with Gasteiger partial charge in [-0.05, 0) is 50.6 Å². The smallest absolute Gasteiger partial charge is 0.185 e. The largest absolute Gasteiger partial charge is 0.494 e. The maximum atomic E-state index is 5.81. The SMILES string of the molecule is CCOc1ccc(OCCCCCCN2CCN(c3nccs3)CC2)cc1. The van der Waals surface area contributed by atoms with Gasteiger partial charge in [-0.3, -0.25) is 4.90 Å². The van der Waals surface area contributed by atoms with Crippen molar-refractivity contribution in [2.24, 2.45) is 0 Å². The molecule has 2 heterocycles. The predicted octanol–water partition coefficient (Wildman–Crippen LogP) is 4.30. The van der Waals surface area contributed by atoms with E-state index in [-0.39, 0.29) is 0 Å². The number of piperazine rings is 1. The molecule has 1 aromatic carbocycles. The molecule has 0 radical (unpaired) electrons. The van der Waals surface area contributed by atoms with Crippen LogP contribution in [0.25, 0.3) is 0 Å². The van der Waals surface area contributed by atoms with E-state index >= 15 is 0 Å². The maximum Gasteiger partial charge on any atom is 0.185 e. The molecule has 1 aromatic heterocycles. The van der Waals surface area contributed by atoms with Crippen molar-refractivity contribution < 1.29 is 9.47 Å². The molecule has 5 nitrogen and oxygen atoms in total. The van der Waals surface area contributed by atoms with E-state index in [1.165, 1.54) is 30.9 Å². The van der Waals surface area contributed by atoms with Gasteiger partial charge in [0.1, 0.15) is 11.5 Å². The van der Waals surface area contributed by atoms with Gasteiger partial charge in [-0.15, -0.1) is 11.3 Å². The Morgan fingerprint density at radius 3 is 2.30 bits per heavy atom. The molecule has 0 unspecified atom stereocenters. The first-order chi connectivity index (χ1) is 13.3. The number of hydrogen-bond acceptors (Lipinski definition) is 6. The molecular weight excluding hydrogens is 358 g/mol. The number of aromatic nitrogens is 1. The summed E-state index contributed by atoms with van der Waals surface area (Å²) in [6.45, 7) is 9.20. The van der Waals surface area contributed by atoms with Crippen LogP contribution in [0.2, 0.25) is 0 Å². The van der Waals surface area contributed by atoms with E-state index in [1.54, 1.807) is 11.3 Å². The number of nitrogens with zero attached hydrogens (tertiary/aromatic N) is 3. The Morgan fingerprint density at radius 1 is 0.926 bits per heavy atom. The van der Waals surface area contributed by atoms with E-state index in [2.05, 4.69) is 20.2 Å². The molecule has 0 atom stereocenters. The topological polar surface area (TPSA) is 37.8 Å². The Bertz CT molecular complexity index is 625. The first-order valence-electron chi connectivity index (χ1n) is 10.1. The minimum atomic E-state index is 0.696. The summed E-state index contributed by atoms with van der Waals surface area (Å²) < 4.78 is 11.2. The summed E-state index contributed by atoms with van der Waals surface area (Å²) in [5.41, 5.74) is 0. The van der Waals surface area contributed by atoms with Crippen molar-refractivity contribution in [2.45, 2.75) is 32.6 Å². The van der Waals surface area contributed by atoms with Crippen LogP contribution in [0.4, 0.5) is 5.13 Å². The molecule has 148 valence electrons. The minimum Gasteiger partial charge on any atom is -0.494 e. The van der Waals surface area contributed by atoms with E-state index in [0.29, 0.717) is 6.61 Å². The van der Waals surface area contributed by atoms with E-state index < -0.39 is 0 Å². The second-order valence-electron chi connectivity index (χ2n) is 6.81. The maximum absolute atomic E-state index is 5.81. The summed E-state index contributed by atoms with van der Waals surface area (Å²) in [6.07, 6.45) is 6.80. The average Bonchev–Trinajstić information content (AvgIpc) is 3.24. The first-order valence-corrected chi connectivity index (χ1v) is 11.0. The number of anilines is 1. The number of benzene rings is 1. The van der Waals surface area contributed by atoms with Crippen LogP contribution >= 0.6 is 11.3 Å². The summed E-state index contributed by atoms with van der Waals surface area (Å²) in [7, 11) is 0. The lowest BCUT2D eigenvalue weighted by molar-refractivity contribution is 0.249. The van der Waals surface area contributed by atoms with Crippen LogP contribution in [0.5, 0.6) is 11.5 Å². The van der Waals surface area contributed by atoms with Crippen molar-refractivity contribution in [3.63, 3.8) is 0 Å². The molecule has 0 bridgehead atoms. The lowest BCUT2D eigenvalue weighted by atomic mass is 10.2. The highest BCUT2D eigenvalue weighted by Gasteiger charge is 2.17. The van der Waals surface area contributed by atoms with Crippen LogP contribution in [0.15, 0.2) is 35.8 Å². The van der Waals surface area contributed by atoms with Crippen molar-refractivity contribution >= 4 is 16.5 Å². The van der Waals surface area contributed by atoms with Gasteiger partial charge in [0.05, 0.1) is 13.2 Å². The van der Waals surface area contributed by atoms with Crippen molar-refractivity contribution in [1.82, 2.24) is 9.88 Å². The van der Waals surface area contributed by atoms with E-state index in [4.69, 9.17) is 9.47 Å². The third-order valence-electron chi connectivity index (χ3n) is 4.83. The summed E-state index contributed by atoms with van der Waals surface area (Å²) >= 11 is 1.74. The van der Waals surface area contributed by atoms with E-state index in [1.807, 2.05) is 37.4 Å².